The van der Waals surface area contributed by atoms with Crippen LogP contribution in [0, 0.1) is 0 Å². The van der Waals surface area contributed by atoms with E-state index in [1.807, 2.05) is 6.92 Å². The molecule has 96 valence electrons. The number of ether oxygens (including phenoxy) is 1. The number of hydrogen-bond donors (Lipinski definition) is 2. The Morgan fingerprint density at radius 2 is 2.12 bits per heavy atom. The lowest BCUT2D eigenvalue weighted by Gasteiger charge is -2.18. The van der Waals surface area contributed by atoms with Gasteiger partial charge in [-0.3, -0.25) is 9.36 Å². The Morgan fingerprint density at radius 1 is 1.50 bits per heavy atom. The zero-order chi connectivity index (χ0) is 12.6. The zero-order valence-corrected chi connectivity index (χ0v) is 9.89. The third-order valence-corrected chi connectivity index (χ3v) is 2.08. The summed E-state index contributed by atoms with van der Waals surface area (Å²) in [6.07, 6.45) is 0.520. The maximum absolute atomic E-state index is 11.0. The van der Waals surface area contributed by atoms with Crippen molar-refractivity contribution in [1.82, 2.24) is 0 Å². The fourth-order valence-corrected chi connectivity index (χ4v) is 1.17. The summed E-state index contributed by atoms with van der Waals surface area (Å²) < 4.78 is 18.7. The van der Waals surface area contributed by atoms with Gasteiger partial charge in [0.15, 0.2) is 0 Å². The number of hydrogen-bond acceptors (Lipinski definition) is 6. The van der Waals surface area contributed by atoms with Crippen LogP contribution in [0.1, 0.15) is 26.2 Å². The maximum Gasteiger partial charge on any atom is 0.305 e. The van der Waals surface area contributed by atoms with Crippen LogP contribution < -0.4 is 4.89 Å². The predicted octanol–water partition coefficient (Wildman–Crippen LogP) is -0.442. The van der Waals surface area contributed by atoms with Crippen molar-refractivity contribution in [1.29, 1.82) is 0 Å². The van der Waals surface area contributed by atoms with Crippen molar-refractivity contribution < 1.29 is 33.5 Å². The van der Waals surface area contributed by atoms with Gasteiger partial charge in [0.25, 0.3) is 7.82 Å². The number of phosphoric ester groups is 1. The van der Waals surface area contributed by atoms with E-state index in [-0.39, 0.29) is 13.0 Å². The summed E-state index contributed by atoms with van der Waals surface area (Å²) in [6, 6.07) is 0. The van der Waals surface area contributed by atoms with E-state index >= 15 is 0 Å². The first kappa shape index (κ1) is 15.5. The number of esters is 1. The fraction of sp³-hybridized carbons (Fsp3) is 0.875. The number of unbranched alkanes of at least 4 members (excludes halogenated alkanes) is 1. The Hall–Kier alpha value is -0.460. The Bertz CT molecular complexity index is 249. The SMILES string of the molecule is CCCCC(=O)OCC(O)COP(=O)([O-])O. The Kier molecular flexibility index (Phi) is 7.53. The van der Waals surface area contributed by atoms with Crippen LogP contribution in [-0.4, -0.2) is 35.3 Å². The van der Waals surface area contributed by atoms with Crippen molar-refractivity contribution in [2.24, 2.45) is 0 Å². The molecule has 0 fully saturated rings. The molecule has 2 N–H and O–H groups in total. The van der Waals surface area contributed by atoms with Gasteiger partial charge < -0.3 is 24.2 Å². The first-order valence-electron chi connectivity index (χ1n) is 4.87. The summed E-state index contributed by atoms with van der Waals surface area (Å²) in [5.41, 5.74) is 0. The first-order chi connectivity index (χ1) is 7.35. The molecule has 2 atom stereocenters. The lowest BCUT2D eigenvalue weighted by molar-refractivity contribution is -0.222. The monoisotopic (exact) mass is 255 g/mol. The van der Waals surface area contributed by atoms with Gasteiger partial charge in [0.05, 0.1) is 6.61 Å². The third-order valence-electron chi connectivity index (χ3n) is 1.60. The molecule has 0 radical (unpaired) electrons. The summed E-state index contributed by atoms with van der Waals surface area (Å²) in [5, 5.41) is 9.11. The second-order valence-corrected chi connectivity index (χ2v) is 4.40. The highest BCUT2D eigenvalue weighted by Gasteiger charge is 2.11. The van der Waals surface area contributed by atoms with E-state index in [0.717, 1.165) is 6.42 Å². The van der Waals surface area contributed by atoms with Gasteiger partial charge in [-0.15, -0.1) is 0 Å². The van der Waals surface area contributed by atoms with Crippen LogP contribution in [0.3, 0.4) is 0 Å². The molecule has 0 rings (SSSR count). The fourth-order valence-electron chi connectivity index (χ4n) is 0.811. The number of carbonyl (C=O) groups excluding carboxylic acids is 1. The van der Waals surface area contributed by atoms with Crippen molar-refractivity contribution in [3.8, 4) is 0 Å². The average Bonchev–Trinajstić information content (AvgIpc) is 2.19. The van der Waals surface area contributed by atoms with Gasteiger partial charge in [-0.2, -0.15) is 0 Å². The molecule has 0 saturated carbocycles. The lowest BCUT2D eigenvalue weighted by Crippen LogP contribution is -2.24. The van der Waals surface area contributed by atoms with Gasteiger partial charge in [0, 0.05) is 6.42 Å². The van der Waals surface area contributed by atoms with E-state index in [4.69, 9.17) is 10.00 Å². The molecule has 0 heterocycles. The molecular formula is C8H16O7P-. The van der Waals surface area contributed by atoms with Gasteiger partial charge in [-0.25, -0.2) is 0 Å². The molecule has 0 aliphatic carbocycles. The van der Waals surface area contributed by atoms with Gasteiger partial charge in [0.2, 0.25) is 0 Å². The van der Waals surface area contributed by atoms with Gasteiger partial charge in [-0.05, 0) is 6.42 Å². The largest absolute Gasteiger partial charge is 0.756 e. The van der Waals surface area contributed by atoms with Crippen LogP contribution >= 0.6 is 7.82 Å². The van der Waals surface area contributed by atoms with Crippen LogP contribution in [0.25, 0.3) is 0 Å². The minimum absolute atomic E-state index is 0.254. The molecule has 0 aliphatic rings. The van der Waals surface area contributed by atoms with Crippen LogP contribution in [0.15, 0.2) is 0 Å². The van der Waals surface area contributed by atoms with E-state index in [1.165, 1.54) is 0 Å². The molecule has 2 unspecified atom stereocenters. The Balaban J connectivity index is 3.61. The topological polar surface area (TPSA) is 116 Å². The van der Waals surface area contributed by atoms with Crippen LogP contribution in [0.4, 0.5) is 0 Å². The predicted molar refractivity (Wildman–Crippen MR) is 52.3 cm³/mol. The highest BCUT2D eigenvalue weighted by atomic mass is 31.2. The van der Waals surface area contributed by atoms with Crippen molar-refractivity contribution >= 4 is 13.8 Å². The summed E-state index contributed by atoms with van der Waals surface area (Å²) >= 11 is 0. The number of aliphatic hydroxyl groups excluding tert-OH is 1. The standard InChI is InChI=1S/C8H17O7P/c1-2-3-4-8(10)14-5-7(9)6-15-16(11,12)13/h7,9H,2-6H2,1H3,(H2,11,12,13)/p-1. The van der Waals surface area contributed by atoms with E-state index in [9.17, 15) is 14.3 Å². The molecule has 0 bridgehead atoms. The number of aliphatic hydroxyl groups is 1. The second kappa shape index (κ2) is 7.76. The average molecular weight is 255 g/mol. The summed E-state index contributed by atoms with van der Waals surface area (Å²) in [7, 11) is -4.84. The highest BCUT2D eigenvalue weighted by molar-refractivity contribution is 7.44. The van der Waals surface area contributed by atoms with Gasteiger partial charge in [-0.1, -0.05) is 13.3 Å². The third kappa shape index (κ3) is 10.1. The van der Waals surface area contributed by atoms with E-state index in [2.05, 4.69) is 9.26 Å². The molecule has 0 amide bonds. The van der Waals surface area contributed by atoms with Crippen LogP contribution in [0.2, 0.25) is 0 Å². The maximum atomic E-state index is 11.0. The first-order valence-corrected chi connectivity index (χ1v) is 6.36. The Morgan fingerprint density at radius 3 is 2.62 bits per heavy atom. The minimum Gasteiger partial charge on any atom is -0.756 e. The van der Waals surface area contributed by atoms with E-state index in [1.54, 1.807) is 0 Å². The zero-order valence-electron chi connectivity index (χ0n) is 9.00. The van der Waals surface area contributed by atoms with Crippen LogP contribution in [0.5, 0.6) is 0 Å². The van der Waals surface area contributed by atoms with Crippen molar-refractivity contribution in [3.63, 3.8) is 0 Å². The number of rotatable bonds is 8. The molecule has 0 aromatic heterocycles. The smallest absolute Gasteiger partial charge is 0.305 e. The minimum atomic E-state index is -4.84. The molecule has 0 spiro atoms. The number of carbonyl (C=O) groups is 1. The van der Waals surface area contributed by atoms with Gasteiger partial charge >= 0.3 is 5.97 Å². The van der Waals surface area contributed by atoms with Crippen molar-refractivity contribution in [3.05, 3.63) is 0 Å². The summed E-state index contributed by atoms with van der Waals surface area (Å²) in [4.78, 5) is 29.3. The highest BCUT2D eigenvalue weighted by Crippen LogP contribution is 2.29. The summed E-state index contributed by atoms with van der Waals surface area (Å²) in [5.74, 6) is -0.463. The van der Waals surface area contributed by atoms with E-state index in [0.29, 0.717) is 6.42 Å². The molecule has 0 aliphatic heterocycles. The quantitative estimate of drug-likeness (QED) is 0.446. The van der Waals surface area contributed by atoms with Gasteiger partial charge in [0.1, 0.15) is 12.7 Å². The molecule has 8 heteroatoms. The normalized spacial score (nSPS) is 16.5. The lowest BCUT2D eigenvalue weighted by atomic mass is 10.2. The molecule has 0 aromatic carbocycles. The molecular weight excluding hydrogens is 239 g/mol. The molecule has 0 aromatic rings. The van der Waals surface area contributed by atoms with Crippen molar-refractivity contribution in [2.45, 2.75) is 32.3 Å². The molecule has 7 nitrogen and oxygen atoms in total. The van der Waals surface area contributed by atoms with Crippen molar-refractivity contribution in [2.75, 3.05) is 13.2 Å². The number of phosphoric acid groups is 1. The Labute approximate surface area is 93.6 Å². The molecule has 16 heavy (non-hydrogen) atoms. The second-order valence-electron chi connectivity index (χ2n) is 3.20. The summed E-state index contributed by atoms with van der Waals surface area (Å²) in [6.45, 7) is 0.921. The van der Waals surface area contributed by atoms with E-state index < -0.39 is 26.5 Å². The van der Waals surface area contributed by atoms with Crippen LogP contribution in [-0.2, 0) is 18.6 Å². The molecule has 0 saturated heterocycles.